The molecule has 1 heterocycles. The highest BCUT2D eigenvalue weighted by atomic mass is 16.5. The van der Waals surface area contributed by atoms with E-state index in [4.69, 9.17) is 4.74 Å². The Morgan fingerprint density at radius 3 is 2.45 bits per heavy atom. The molecule has 0 aliphatic heterocycles. The Labute approximate surface area is 121 Å². The van der Waals surface area contributed by atoms with Crippen LogP contribution in [0.2, 0.25) is 0 Å². The lowest BCUT2D eigenvalue weighted by Crippen LogP contribution is -2.20. The van der Waals surface area contributed by atoms with Crippen molar-refractivity contribution in [3.8, 4) is 5.88 Å². The van der Waals surface area contributed by atoms with Crippen molar-refractivity contribution in [3.63, 3.8) is 0 Å². The van der Waals surface area contributed by atoms with Gasteiger partial charge in [-0.05, 0) is 24.5 Å². The zero-order valence-corrected chi connectivity index (χ0v) is 12.4. The molecule has 1 unspecified atom stereocenters. The summed E-state index contributed by atoms with van der Waals surface area (Å²) in [5.41, 5.74) is 3.79. The van der Waals surface area contributed by atoms with Crippen LogP contribution in [-0.2, 0) is 6.54 Å². The Hall–Kier alpha value is -1.87. The van der Waals surface area contributed by atoms with E-state index < -0.39 is 0 Å². The molecule has 106 valence electrons. The number of nitrogens with zero attached hydrogens (tertiary/aromatic N) is 1. The minimum atomic E-state index is 0.373. The standard InChI is InChI=1S/C17H22N2O/c1-4-16(15-8-5-13(2)6-9-15)18-11-14-7-10-17(20-3)19-12-14/h5-10,12,16,18H,4,11H2,1-3H3. The van der Waals surface area contributed by atoms with E-state index >= 15 is 0 Å². The number of rotatable bonds is 6. The molecule has 2 rings (SSSR count). The summed E-state index contributed by atoms with van der Waals surface area (Å²) in [6.07, 6.45) is 2.92. The molecular weight excluding hydrogens is 248 g/mol. The van der Waals surface area contributed by atoms with Gasteiger partial charge < -0.3 is 10.1 Å². The predicted molar refractivity (Wildman–Crippen MR) is 81.8 cm³/mol. The maximum atomic E-state index is 5.06. The first-order valence-electron chi connectivity index (χ1n) is 7.01. The van der Waals surface area contributed by atoms with Gasteiger partial charge in [-0.2, -0.15) is 0 Å². The summed E-state index contributed by atoms with van der Waals surface area (Å²) in [5.74, 6) is 0.652. The number of nitrogens with one attached hydrogen (secondary N) is 1. The molecule has 0 aliphatic carbocycles. The van der Waals surface area contributed by atoms with Gasteiger partial charge in [-0.15, -0.1) is 0 Å². The number of aryl methyl sites for hydroxylation is 1. The van der Waals surface area contributed by atoms with Crippen LogP contribution in [0.15, 0.2) is 42.6 Å². The SMILES string of the molecule is CCC(NCc1ccc(OC)nc1)c1ccc(C)cc1. The second-order valence-electron chi connectivity index (χ2n) is 4.96. The normalized spacial score (nSPS) is 12.2. The topological polar surface area (TPSA) is 34.1 Å². The lowest BCUT2D eigenvalue weighted by atomic mass is 10.0. The summed E-state index contributed by atoms with van der Waals surface area (Å²) in [4.78, 5) is 4.22. The third kappa shape index (κ3) is 3.81. The highest BCUT2D eigenvalue weighted by molar-refractivity contribution is 5.24. The van der Waals surface area contributed by atoms with Crippen LogP contribution in [0.5, 0.6) is 5.88 Å². The zero-order chi connectivity index (χ0) is 14.4. The number of aromatic nitrogens is 1. The molecule has 3 heteroatoms. The third-order valence-electron chi connectivity index (χ3n) is 3.45. The molecule has 0 fully saturated rings. The van der Waals surface area contributed by atoms with Gasteiger partial charge in [0.15, 0.2) is 0 Å². The number of benzene rings is 1. The van der Waals surface area contributed by atoms with E-state index in [0.717, 1.165) is 18.5 Å². The molecule has 0 spiro atoms. The number of hydrogen-bond acceptors (Lipinski definition) is 3. The Kier molecular flexibility index (Phi) is 5.13. The summed E-state index contributed by atoms with van der Waals surface area (Å²) < 4.78 is 5.06. The van der Waals surface area contributed by atoms with Crippen LogP contribution in [0.1, 0.15) is 36.1 Å². The van der Waals surface area contributed by atoms with Crippen molar-refractivity contribution in [1.82, 2.24) is 10.3 Å². The van der Waals surface area contributed by atoms with Gasteiger partial charge in [0, 0.05) is 24.8 Å². The Morgan fingerprint density at radius 2 is 1.90 bits per heavy atom. The summed E-state index contributed by atoms with van der Waals surface area (Å²) >= 11 is 0. The maximum Gasteiger partial charge on any atom is 0.212 e. The van der Waals surface area contributed by atoms with E-state index in [1.54, 1.807) is 7.11 Å². The van der Waals surface area contributed by atoms with Gasteiger partial charge in [-0.25, -0.2) is 4.98 Å². The van der Waals surface area contributed by atoms with Crippen LogP contribution in [0, 0.1) is 6.92 Å². The number of ether oxygens (including phenoxy) is 1. The summed E-state index contributed by atoms with van der Waals surface area (Å²) in [6, 6.07) is 13.0. The molecule has 0 bridgehead atoms. The first-order chi connectivity index (χ1) is 9.72. The van der Waals surface area contributed by atoms with Gasteiger partial charge in [0.2, 0.25) is 5.88 Å². The van der Waals surface area contributed by atoms with Gasteiger partial charge in [-0.3, -0.25) is 0 Å². The lowest BCUT2D eigenvalue weighted by molar-refractivity contribution is 0.397. The molecule has 2 aromatic rings. The van der Waals surface area contributed by atoms with Gasteiger partial charge in [0.1, 0.15) is 0 Å². The minimum Gasteiger partial charge on any atom is -0.481 e. The molecule has 0 radical (unpaired) electrons. The van der Waals surface area contributed by atoms with Crippen LogP contribution in [-0.4, -0.2) is 12.1 Å². The highest BCUT2D eigenvalue weighted by Gasteiger charge is 2.08. The highest BCUT2D eigenvalue weighted by Crippen LogP contribution is 2.18. The second kappa shape index (κ2) is 7.06. The fraction of sp³-hybridized carbons (Fsp3) is 0.353. The largest absolute Gasteiger partial charge is 0.481 e. The second-order valence-corrected chi connectivity index (χ2v) is 4.96. The van der Waals surface area contributed by atoms with Crippen molar-refractivity contribution in [2.75, 3.05) is 7.11 Å². The maximum absolute atomic E-state index is 5.06. The zero-order valence-electron chi connectivity index (χ0n) is 12.4. The van der Waals surface area contributed by atoms with Gasteiger partial charge in [0.25, 0.3) is 0 Å². The fourth-order valence-electron chi connectivity index (χ4n) is 2.17. The molecule has 20 heavy (non-hydrogen) atoms. The molecule has 1 N–H and O–H groups in total. The monoisotopic (exact) mass is 270 g/mol. The van der Waals surface area contributed by atoms with E-state index in [9.17, 15) is 0 Å². The number of hydrogen-bond donors (Lipinski definition) is 1. The van der Waals surface area contributed by atoms with Crippen molar-refractivity contribution in [3.05, 3.63) is 59.3 Å². The number of methoxy groups -OCH3 is 1. The van der Waals surface area contributed by atoms with Crippen LogP contribution >= 0.6 is 0 Å². The Bertz CT molecular complexity index is 520. The van der Waals surface area contributed by atoms with E-state index in [1.807, 2.05) is 18.3 Å². The van der Waals surface area contributed by atoms with E-state index in [0.29, 0.717) is 11.9 Å². The molecule has 3 nitrogen and oxygen atoms in total. The smallest absolute Gasteiger partial charge is 0.212 e. The molecule has 0 amide bonds. The molecular formula is C17H22N2O. The van der Waals surface area contributed by atoms with Crippen molar-refractivity contribution in [1.29, 1.82) is 0 Å². The van der Waals surface area contributed by atoms with E-state index in [-0.39, 0.29) is 0 Å². The van der Waals surface area contributed by atoms with E-state index in [2.05, 4.69) is 48.4 Å². The van der Waals surface area contributed by atoms with Gasteiger partial charge in [0.05, 0.1) is 7.11 Å². The molecule has 1 aromatic heterocycles. The average Bonchev–Trinajstić information content (AvgIpc) is 2.50. The third-order valence-corrected chi connectivity index (χ3v) is 3.45. The van der Waals surface area contributed by atoms with Crippen LogP contribution in [0.4, 0.5) is 0 Å². The number of pyridine rings is 1. The summed E-state index contributed by atoms with van der Waals surface area (Å²) in [5, 5.41) is 3.58. The van der Waals surface area contributed by atoms with Crippen molar-refractivity contribution in [2.24, 2.45) is 0 Å². The predicted octanol–water partition coefficient (Wildman–Crippen LogP) is 3.64. The first kappa shape index (κ1) is 14.5. The summed E-state index contributed by atoms with van der Waals surface area (Å²) in [6.45, 7) is 5.12. The molecule has 1 atom stereocenters. The Balaban J connectivity index is 1.97. The summed E-state index contributed by atoms with van der Waals surface area (Å²) in [7, 11) is 1.63. The van der Waals surface area contributed by atoms with Crippen molar-refractivity contribution in [2.45, 2.75) is 32.9 Å². The average molecular weight is 270 g/mol. The molecule has 0 aliphatic rings. The molecule has 0 saturated carbocycles. The minimum absolute atomic E-state index is 0.373. The fourth-order valence-corrected chi connectivity index (χ4v) is 2.17. The van der Waals surface area contributed by atoms with Crippen LogP contribution in [0.3, 0.4) is 0 Å². The van der Waals surface area contributed by atoms with Gasteiger partial charge >= 0.3 is 0 Å². The van der Waals surface area contributed by atoms with Gasteiger partial charge in [-0.1, -0.05) is 42.8 Å². The van der Waals surface area contributed by atoms with Crippen molar-refractivity contribution >= 4 is 0 Å². The van der Waals surface area contributed by atoms with Crippen LogP contribution < -0.4 is 10.1 Å². The molecule has 0 saturated heterocycles. The van der Waals surface area contributed by atoms with Crippen LogP contribution in [0.25, 0.3) is 0 Å². The van der Waals surface area contributed by atoms with E-state index in [1.165, 1.54) is 11.1 Å². The Morgan fingerprint density at radius 1 is 1.15 bits per heavy atom. The first-order valence-corrected chi connectivity index (χ1v) is 7.01. The molecule has 1 aromatic carbocycles. The lowest BCUT2D eigenvalue weighted by Gasteiger charge is -2.17. The van der Waals surface area contributed by atoms with Crippen molar-refractivity contribution < 1.29 is 4.74 Å². The quantitative estimate of drug-likeness (QED) is 0.870.